The lowest BCUT2D eigenvalue weighted by Crippen LogP contribution is -2.62. The second-order valence-corrected chi connectivity index (χ2v) is 20.7. The lowest BCUT2D eigenvalue weighted by Gasteiger charge is -2.47. The molecule has 5 heteroatoms. The van der Waals surface area contributed by atoms with E-state index in [0.717, 1.165) is 15.5 Å². The van der Waals surface area contributed by atoms with Crippen molar-refractivity contribution in [3.8, 4) is 16.8 Å². The fourth-order valence-corrected chi connectivity index (χ4v) is 9.38. The average Bonchev–Trinajstić information content (AvgIpc) is 1.19. The Balaban J connectivity index is 1.32. The fraction of sp³-hybridized carbons (Fsp3) is 0.182. The third-order valence-electron chi connectivity index (χ3n) is 12.9. The maximum atomic E-state index is 11.1. The Morgan fingerprint density at radius 2 is 0.986 bits per heavy atom. The summed E-state index contributed by atoms with van der Waals surface area (Å²) in [6.07, 6.45) is 0. The molecule has 71 heavy (non-hydrogen) atoms. The molecule has 0 fully saturated rings. The van der Waals surface area contributed by atoms with Crippen LogP contribution in [0.3, 0.4) is 0 Å². The fourth-order valence-electron chi connectivity index (χ4n) is 9.38. The van der Waals surface area contributed by atoms with Gasteiger partial charge >= 0.3 is 0 Å². The summed E-state index contributed by atoms with van der Waals surface area (Å²) in [6.45, 7) is 12.6. The minimum Gasteiger partial charge on any atom is -0.311 e. The maximum Gasteiger partial charge on any atom is 0.252 e. The van der Waals surface area contributed by atoms with E-state index in [1.54, 1.807) is 62.3 Å². The van der Waals surface area contributed by atoms with Crippen LogP contribution in [0.2, 0.25) is 0 Å². The lowest BCUT2D eigenvalue weighted by molar-refractivity contribution is 0.590. The monoisotopic (exact) mass is 950 g/mol. The molecule has 0 aliphatic carbocycles. The molecular formula is C66H59BN4. The van der Waals surface area contributed by atoms with Crippen LogP contribution >= 0.6 is 0 Å². The van der Waals surface area contributed by atoms with Crippen molar-refractivity contribution in [2.75, 3.05) is 14.7 Å². The summed E-state index contributed by atoms with van der Waals surface area (Å²) in [5.41, 5.74) is -14.0. The van der Waals surface area contributed by atoms with Crippen LogP contribution in [-0.4, -0.2) is 11.3 Å². The lowest BCUT2D eigenvalue weighted by atomic mass is 9.33. The zero-order valence-electron chi connectivity index (χ0n) is 70.9. The van der Waals surface area contributed by atoms with E-state index >= 15 is 0 Å². The van der Waals surface area contributed by atoms with Crippen LogP contribution in [0.5, 0.6) is 0 Å². The molecule has 10 aromatic rings. The SMILES string of the molecule is [2H]c1cc2c(c([2H])c1N(c1c([2H])c([2H])c(C(C)(C)C)c([2H])c1[2H])c1c([2H])c([2H])c(C(C)(C)C)c([2H])c1[2H])N(c1c([2H])c([2H])c(-c3c([2H])c([2H])c([2H])c([2H])c3[2H])c([2H])c1[2H])c1c([2H])c(C(C)(C)C)c([2H])c3c1B2c1c([2H])c([2H])c([2H])c2c1N3c1c([2H])c([2H])c([2H])c3c4c([2H])c([2H])c([2H])c([2H])c4n-2c13. The first-order chi connectivity index (χ1) is 47.1. The summed E-state index contributed by atoms with van der Waals surface area (Å²) < 4.78 is 301. The predicted octanol–water partition coefficient (Wildman–Crippen LogP) is 16.2. The third-order valence-corrected chi connectivity index (χ3v) is 12.9. The van der Waals surface area contributed by atoms with Crippen LogP contribution in [0.25, 0.3) is 38.6 Å². The van der Waals surface area contributed by atoms with E-state index in [9.17, 15) is 32.9 Å². The third kappa shape index (κ3) is 6.66. The Bertz CT molecular complexity index is 5450. The number of para-hydroxylation sites is 3. The minimum absolute atomic E-state index is 0.131. The Morgan fingerprint density at radius 3 is 1.63 bits per heavy atom. The summed E-state index contributed by atoms with van der Waals surface area (Å²) >= 11 is 0. The van der Waals surface area contributed by atoms with Gasteiger partial charge in [0.2, 0.25) is 0 Å². The molecule has 3 aliphatic rings. The molecule has 9 aromatic carbocycles. The minimum atomic E-state index is -1.90. The number of aromatic nitrogens is 1. The Hall–Kier alpha value is -7.76. The molecule has 13 rings (SSSR count). The van der Waals surface area contributed by atoms with Crippen molar-refractivity contribution in [1.82, 2.24) is 4.57 Å². The molecule has 3 aliphatic heterocycles. The van der Waals surface area contributed by atoms with Crippen LogP contribution in [0.1, 0.15) is 121 Å². The van der Waals surface area contributed by atoms with Gasteiger partial charge in [-0.3, -0.25) is 0 Å². The van der Waals surface area contributed by atoms with E-state index in [1.807, 2.05) is 0 Å². The number of hydrogen-bond donors (Lipinski definition) is 0. The van der Waals surface area contributed by atoms with E-state index in [4.69, 9.17) is 9.60 Å². The molecular weight excluding hydrogens is 860 g/mol. The number of nitrogens with zero attached hydrogens (tertiary/aromatic N) is 4. The number of hydrogen-bond acceptors (Lipinski definition) is 3. The first-order valence-electron chi connectivity index (χ1n) is 38.4. The topological polar surface area (TPSA) is 14.7 Å². The molecule has 0 atom stereocenters. The summed E-state index contributed by atoms with van der Waals surface area (Å²) in [6, 6.07) is -25.3. The van der Waals surface area contributed by atoms with Gasteiger partial charge in [0.15, 0.2) is 0 Å². The highest BCUT2D eigenvalue weighted by Crippen LogP contribution is 2.53. The first kappa shape index (κ1) is 21.7. The van der Waals surface area contributed by atoms with Crippen molar-refractivity contribution in [3.63, 3.8) is 0 Å². The van der Waals surface area contributed by atoms with Crippen LogP contribution in [0.4, 0.5) is 51.2 Å². The predicted molar refractivity (Wildman–Crippen MR) is 305 cm³/mol. The van der Waals surface area contributed by atoms with Crippen molar-refractivity contribution in [3.05, 3.63) is 210 Å². The van der Waals surface area contributed by atoms with Crippen molar-refractivity contribution >= 4 is 96.1 Å². The molecule has 0 radical (unpaired) electrons. The van der Waals surface area contributed by atoms with Crippen LogP contribution in [0.15, 0.2) is 193 Å². The highest BCUT2D eigenvalue weighted by atomic mass is 15.2. The van der Waals surface area contributed by atoms with Gasteiger partial charge in [-0.05, 0) is 139 Å². The second-order valence-electron chi connectivity index (χ2n) is 20.7. The quantitative estimate of drug-likeness (QED) is 0.160. The molecule has 0 saturated carbocycles. The van der Waals surface area contributed by atoms with Crippen LogP contribution in [-0.2, 0) is 16.2 Å². The van der Waals surface area contributed by atoms with E-state index in [0.29, 0.717) is 4.90 Å². The number of fused-ring (bicyclic) bond motifs is 9. The van der Waals surface area contributed by atoms with E-state index < -0.39 is 283 Å². The van der Waals surface area contributed by atoms with Crippen molar-refractivity contribution in [1.29, 1.82) is 0 Å². The molecule has 0 N–H and O–H groups in total. The van der Waals surface area contributed by atoms with Crippen molar-refractivity contribution in [2.45, 2.75) is 78.6 Å². The summed E-state index contributed by atoms with van der Waals surface area (Å²) in [5.74, 6) is 0. The summed E-state index contributed by atoms with van der Waals surface area (Å²) in [4.78, 5) is 2.76. The van der Waals surface area contributed by atoms with Gasteiger partial charge in [0.25, 0.3) is 6.71 Å². The second kappa shape index (κ2) is 15.4. The molecule has 0 unspecified atom stereocenters. The Kier molecular flexibility index (Phi) is 4.70. The maximum absolute atomic E-state index is 11.1. The van der Waals surface area contributed by atoms with Gasteiger partial charge < -0.3 is 19.3 Å². The van der Waals surface area contributed by atoms with Gasteiger partial charge in [-0.2, -0.15) is 0 Å². The van der Waals surface area contributed by atoms with E-state index in [1.165, 1.54) is 4.90 Å². The summed E-state index contributed by atoms with van der Waals surface area (Å²) in [7, 11) is 0. The average molecular weight is 950 g/mol. The Morgan fingerprint density at radius 1 is 0.423 bits per heavy atom. The van der Waals surface area contributed by atoms with Gasteiger partial charge in [-0.15, -0.1) is 0 Å². The highest BCUT2D eigenvalue weighted by molar-refractivity contribution is 7.00. The normalized spacial score (nSPS) is 19.7. The molecule has 4 heterocycles. The van der Waals surface area contributed by atoms with Crippen LogP contribution < -0.4 is 31.1 Å². The van der Waals surface area contributed by atoms with Gasteiger partial charge in [0.1, 0.15) is 0 Å². The zero-order chi connectivity index (χ0) is 75.7. The van der Waals surface area contributed by atoms with Crippen LogP contribution in [0, 0.1) is 0 Å². The Labute approximate surface area is 463 Å². The standard InChI is InChI=1S/C66H59BN4/c1-64(2,3)44-27-33-47(34-28-44)68(48-35-29-45(30-36-48)65(4,5)6)50-37-38-53-58(41-50)69(49-31-25-43(26-32-49)42-17-11-10-12-18-42)59-39-46(66(7,8)9)40-60-61(59)67(53)54-21-16-24-57-63(54)71(60)56-23-15-20-52-51-19-13-14-22-55(51)70(57)62(52)56/h10-41H,1-9H3/i10D,11D,12D,13D,14D,15D,16D,17D,18D,19D,20D,21D,22D,23D,24D,25D,26D,27D,28D,29D,30D,31D,32D,33D,34D,35D,36D,37D,39D,40D,41D. The highest BCUT2D eigenvalue weighted by Gasteiger charge is 2.47. The summed E-state index contributed by atoms with van der Waals surface area (Å²) in [5, 5.41) is -0.702. The van der Waals surface area contributed by atoms with Gasteiger partial charge in [-0.25, -0.2) is 0 Å². The molecule has 0 amide bonds. The number of benzene rings is 9. The largest absolute Gasteiger partial charge is 0.311 e. The van der Waals surface area contributed by atoms with Crippen molar-refractivity contribution < 1.29 is 42.5 Å². The van der Waals surface area contributed by atoms with Gasteiger partial charge in [0.05, 0.1) is 70.6 Å². The number of anilines is 9. The number of rotatable bonds is 5. The smallest absolute Gasteiger partial charge is 0.252 e. The molecule has 1 aromatic heterocycles. The van der Waals surface area contributed by atoms with E-state index in [-0.39, 0.29) is 49.8 Å². The van der Waals surface area contributed by atoms with E-state index in [2.05, 4.69) is 0 Å². The molecule has 0 saturated heterocycles. The zero-order valence-corrected chi connectivity index (χ0v) is 39.9. The molecule has 0 bridgehead atoms. The first-order valence-corrected chi connectivity index (χ1v) is 22.9. The molecule has 4 nitrogen and oxygen atoms in total. The van der Waals surface area contributed by atoms with Crippen molar-refractivity contribution in [2.24, 2.45) is 0 Å². The van der Waals surface area contributed by atoms with Gasteiger partial charge in [0, 0.05) is 50.6 Å². The molecule has 0 spiro atoms. The van der Waals surface area contributed by atoms with Gasteiger partial charge in [-0.1, -0.05) is 177 Å². The molecule has 346 valence electrons.